The molecule has 3 heteroatoms. The Bertz CT molecular complexity index is 655. The van der Waals surface area contributed by atoms with E-state index in [1.165, 1.54) is 0 Å². The van der Waals surface area contributed by atoms with E-state index >= 15 is 0 Å². The standard InChI is InChI=1S/C19H23NO2/c1-3-20-12-11-18-13-17(18,2)15(21)9-10-19(18,16(20)22)14-7-5-4-6-8-14/h4-8H,3,9-13H2,1-2H3/t17-,18-,19-/m0/s1. The number of amides is 1. The average Bonchev–Trinajstić information content (AvgIpc) is 3.17. The third kappa shape index (κ3) is 1.34. The number of carbonyl (C=O) groups is 2. The Hall–Kier alpha value is -1.64. The molecule has 1 amide bonds. The first kappa shape index (κ1) is 14.0. The van der Waals surface area contributed by atoms with E-state index in [0.717, 1.165) is 31.5 Å². The van der Waals surface area contributed by atoms with Crippen molar-refractivity contribution in [1.29, 1.82) is 0 Å². The normalized spacial score (nSPS) is 40.2. The van der Waals surface area contributed by atoms with Crippen LogP contribution in [0, 0.1) is 10.8 Å². The smallest absolute Gasteiger partial charge is 0.233 e. The van der Waals surface area contributed by atoms with E-state index in [2.05, 4.69) is 26.0 Å². The topological polar surface area (TPSA) is 37.4 Å². The van der Waals surface area contributed by atoms with Crippen LogP contribution < -0.4 is 0 Å². The number of carbonyl (C=O) groups excluding carboxylic acids is 2. The number of nitrogens with zero attached hydrogens (tertiary/aromatic N) is 1. The second kappa shape index (κ2) is 4.21. The zero-order chi connectivity index (χ0) is 15.6. The molecule has 0 radical (unpaired) electrons. The Morgan fingerprint density at radius 3 is 2.55 bits per heavy atom. The number of piperidine rings is 1. The summed E-state index contributed by atoms with van der Waals surface area (Å²) in [5, 5.41) is 0. The molecular weight excluding hydrogens is 274 g/mol. The van der Waals surface area contributed by atoms with Crippen molar-refractivity contribution in [3.63, 3.8) is 0 Å². The van der Waals surface area contributed by atoms with Crippen LogP contribution in [0.1, 0.15) is 45.1 Å². The lowest BCUT2D eigenvalue weighted by Crippen LogP contribution is -2.61. The van der Waals surface area contributed by atoms with Gasteiger partial charge in [-0.05, 0) is 31.7 Å². The summed E-state index contributed by atoms with van der Waals surface area (Å²) >= 11 is 0. The van der Waals surface area contributed by atoms with Gasteiger partial charge in [0.25, 0.3) is 0 Å². The maximum absolute atomic E-state index is 13.4. The van der Waals surface area contributed by atoms with E-state index in [1.54, 1.807) is 0 Å². The Balaban J connectivity index is 1.92. The van der Waals surface area contributed by atoms with Crippen LogP contribution in [0.25, 0.3) is 0 Å². The first-order valence-corrected chi connectivity index (χ1v) is 8.40. The molecule has 3 fully saturated rings. The summed E-state index contributed by atoms with van der Waals surface area (Å²) in [7, 11) is 0. The second-order valence-electron chi connectivity index (χ2n) is 7.42. The highest BCUT2D eigenvalue weighted by Gasteiger charge is 2.81. The third-order valence-electron chi connectivity index (χ3n) is 6.86. The van der Waals surface area contributed by atoms with E-state index in [1.807, 2.05) is 23.1 Å². The molecule has 116 valence electrons. The van der Waals surface area contributed by atoms with Crippen LogP contribution in [0.4, 0.5) is 0 Å². The molecule has 1 saturated heterocycles. The fourth-order valence-corrected chi connectivity index (χ4v) is 5.52. The molecule has 0 N–H and O–H groups in total. The number of ketones is 1. The molecule has 1 aromatic carbocycles. The number of rotatable bonds is 2. The first-order chi connectivity index (χ1) is 10.5. The number of likely N-dealkylation sites (tertiary alicyclic amines) is 1. The molecule has 1 aliphatic heterocycles. The molecule has 1 aromatic rings. The van der Waals surface area contributed by atoms with Crippen molar-refractivity contribution in [2.45, 2.75) is 44.9 Å². The summed E-state index contributed by atoms with van der Waals surface area (Å²) in [5.74, 6) is 0.625. The summed E-state index contributed by atoms with van der Waals surface area (Å²) in [4.78, 5) is 27.9. The minimum absolute atomic E-state index is 0.139. The van der Waals surface area contributed by atoms with Gasteiger partial charge in [0.2, 0.25) is 5.91 Å². The Labute approximate surface area is 131 Å². The van der Waals surface area contributed by atoms with Gasteiger partial charge in [-0.3, -0.25) is 9.59 Å². The van der Waals surface area contributed by atoms with Gasteiger partial charge in [0.15, 0.2) is 0 Å². The lowest BCUT2D eigenvalue weighted by Gasteiger charge is -2.52. The number of Topliss-reactive ketones (excluding diaryl/α,β-unsaturated/α-hetero) is 1. The van der Waals surface area contributed by atoms with E-state index in [9.17, 15) is 9.59 Å². The van der Waals surface area contributed by atoms with E-state index < -0.39 is 5.41 Å². The Morgan fingerprint density at radius 2 is 1.86 bits per heavy atom. The number of hydrogen-bond donors (Lipinski definition) is 0. The number of likely N-dealkylation sites (N-methyl/N-ethyl adjacent to an activating group) is 1. The average molecular weight is 297 g/mol. The third-order valence-corrected chi connectivity index (χ3v) is 6.86. The van der Waals surface area contributed by atoms with E-state index in [0.29, 0.717) is 18.6 Å². The van der Waals surface area contributed by atoms with Crippen LogP contribution in [0.3, 0.4) is 0 Å². The molecule has 2 aliphatic carbocycles. The van der Waals surface area contributed by atoms with Gasteiger partial charge in [-0.1, -0.05) is 37.3 Å². The second-order valence-corrected chi connectivity index (χ2v) is 7.42. The monoisotopic (exact) mass is 297 g/mol. The van der Waals surface area contributed by atoms with Crippen LogP contribution in [-0.2, 0) is 15.0 Å². The highest BCUT2D eigenvalue weighted by atomic mass is 16.2. The summed E-state index contributed by atoms with van der Waals surface area (Å²) < 4.78 is 0. The predicted molar refractivity (Wildman–Crippen MR) is 84.4 cm³/mol. The molecule has 1 spiro atoms. The molecular formula is C19H23NO2. The van der Waals surface area contributed by atoms with Gasteiger partial charge >= 0.3 is 0 Å². The maximum atomic E-state index is 13.4. The molecule has 3 aliphatic rings. The fourth-order valence-electron chi connectivity index (χ4n) is 5.52. The molecule has 2 saturated carbocycles. The van der Waals surface area contributed by atoms with E-state index in [4.69, 9.17) is 0 Å². The van der Waals surface area contributed by atoms with Crippen molar-refractivity contribution in [3.8, 4) is 0 Å². The highest BCUT2D eigenvalue weighted by molar-refractivity contribution is 5.99. The van der Waals surface area contributed by atoms with Crippen molar-refractivity contribution in [1.82, 2.24) is 4.90 Å². The number of benzene rings is 1. The van der Waals surface area contributed by atoms with Crippen molar-refractivity contribution in [2.75, 3.05) is 13.1 Å². The molecule has 4 rings (SSSR count). The predicted octanol–water partition coefficient (Wildman–Crippen LogP) is 2.94. The Morgan fingerprint density at radius 1 is 1.14 bits per heavy atom. The van der Waals surface area contributed by atoms with Crippen LogP contribution >= 0.6 is 0 Å². The van der Waals surface area contributed by atoms with Crippen molar-refractivity contribution in [2.24, 2.45) is 10.8 Å². The largest absolute Gasteiger partial charge is 0.342 e. The van der Waals surface area contributed by atoms with Gasteiger partial charge in [-0.15, -0.1) is 0 Å². The van der Waals surface area contributed by atoms with Crippen molar-refractivity contribution < 1.29 is 9.59 Å². The van der Waals surface area contributed by atoms with E-state index in [-0.39, 0.29) is 16.7 Å². The van der Waals surface area contributed by atoms with Crippen LogP contribution in [-0.4, -0.2) is 29.7 Å². The highest BCUT2D eigenvalue weighted by Crippen LogP contribution is 2.79. The molecule has 3 atom stereocenters. The Kier molecular flexibility index (Phi) is 2.68. The fraction of sp³-hybridized carbons (Fsp3) is 0.579. The molecule has 1 heterocycles. The van der Waals surface area contributed by atoms with Gasteiger partial charge in [0.05, 0.1) is 5.41 Å². The van der Waals surface area contributed by atoms with Crippen molar-refractivity contribution >= 4 is 11.7 Å². The molecule has 22 heavy (non-hydrogen) atoms. The minimum Gasteiger partial charge on any atom is -0.342 e. The zero-order valence-corrected chi connectivity index (χ0v) is 13.4. The zero-order valence-electron chi connectivity index (χ0n) is 13.4. The first-order valence-electron chi connectivity index (χ1n) is 8.40. The van der Waals surface area contributed by atoms with Gasteiger partial charge in [-0.25, -0.2) is 0 Å². The van der Waals surface area contributed by atoms with Gasteiger partial charge < -0.3 is 4.90 Å². The molecule has 0 bridgehead atoms. The number of hydrogen-bond acceptors (Lipinski definition) is 2. The maximum Gasteiger partial charge on any atom is 0.233 e. The van der Waals surface area contributed by atoms with Crippen LogP contribution in [0.15, 0.2) is 30.3 Å². The lowest BCUT2D eigenvalue weighted by atomic mass is 9.55. The minimum atomic E-state index is -0.481. The van der Waals surface area contributed by atoms with Crippen LogP contribution in [0.5, 0.6) is 0 Å². The van der Waals surface area contributed by atoms with Crippen LogP contribution in [0.2, 0.25) is 0 Å². The van der Waals surface area contributed by atoms with Gasteiger partial charge in [0, 0.05) is 30.3 Å². The summed E-state index contributed by atoms with van der Waals surface area (Å²) in [5.41, 5.74) is 0.218. The summed E-state index contributed by atoms with van der Waals surface area (Å²) in [6.07, 6.45) is 3.07. The summed E-state index contributed by atoms with van der Waals surface area (Å²) in [6.45, 7) is 5.71. The molecule has 0 aromatic heterocycles. The van der Waals surface area contributed by atoms with Gasteiger partial charge in [-0.2, -0.15) is 0 Å². The lowest BCUT2D eigenvalue weighted by molar-refractivity contribution is -0.151. The van der Waals surface area contributed by atoms with Gasteiger partial charge in [0.1, 0.15) is 5.78 Å². The molecule has 0 unspecified atom stereocenters. The van der Waals surface area contributed by atoms with Crippen molar-refractivity contribution in [3.05, 3.63) is 35.9 Å². The summed E-state index contributed by atoms with van der Waals surface area (Å²) in [6, 6.07) is 10.2. The molecule has 3 nitrogen and oxygen atoms in total. The quantitative estimate of drug-likeness (QED) is 0.841. The SMILES string of the molecule is CCN1CC[C@]23C[C@@]2(C)C(=O)CC[C@]3(c2ccccc2)C1=O.